The van der Waals surface area contributed by atoms with Crippen molar-refractivity contribution in [1.82, 2.24) is 0 Å². The van der Waals surface area contributed by atoms with Crippen LogP contribution < -0.4 is 10.5 Å². The number of nitriles is 1. The first-order chi connectivity index (χ1) is 6.95. The average Bonchev–Trinajstić information content (AvgIpc) is 2.15. The van der Waals surface area contributed by atoms with Crippen LogP contribution in [-0.4, -0.2) is 13.7 Å². The Kier molecular flexibility index (Phi) is 3.17. The van der Waals surface area contributed by atoms with Gasteiger partial charge in [0, 0.05) is 5.69 Å². The molecule has 15 heavy (non-hydrogen) atoms. The van der Waals surface area contributed by atoms with Gasteiger partial charge < -0.3 is 5.73 Å². The molecule has 1 aromatic carbocycles. The van der Waals surface area contributed by atoms with Crippen molar-refractivity contribution in [2.24, 2.45) is 0 Å². The smallest absolute Gasteiger partial charge is 0.248 e. The van der Waals surface area contributed by atoms with Crippen LogP contribution in [0.4, 0.5) is 11.4 Å². The molecule has 0 saturated carbocycles. The van der Waals surface area contributed by atoms with Crippen LogP contribution >= 0.6 is 0 Å². The van der Waals surface area contributed by atoms with Crippen molar-refractivity contribution in [3.63, 3.8) is 0 Å². The number of hydrogen-bond acceptors (Lipinski definition) is 4. The molecule has 0 fully saturated rings. The Morgan fingerprint density at radius 1 is 1.53 bits per heavy atom. The Bertz CT molecular complexity index is 490. The van der Waals surface area contributed by atoms with Crippen molar-refractivity contribution in [2.45, 2.75) is 12.2 Å². The van der Waals surface area contributed by atoms with Crippen molar-refractivity contribution in [2.75, 3.05) is 10.5 Å². The van der Waals surface area contributed by atoms with Crippen LogP contribution in [0, 0.1) is 11.3 Å². The van der Waals surface area contributed by atoms with Crippen LogP contribution in [0.5, 0.6) is 0 Å². The van der Waals surface area contributed by atoms with E-state index < -0.39 is 15.3 Å². The van der Waals surface area contributed by atoms with E-state index in [1.165, 1.54) is 13.0 Å². The molecule has 1 unspecified atom stereocenters. The van der Waals surface area contributed by atoms with Gasteiger partial charge >= 0.3 is 0 Å². The Morgan fingerprint density at radius 3 is 2.73 bits per heavy atom. The van der Waals surface area contributed by atoms with E-state index in [1.54, 1.807) is 24.3 Å². The molecule has 0 saturated heterocycles. The largest absolute Gasteiger partial charge is 0.399 e. The summed E-state index contributed by atoms with van der Waals surface area (Å²) in [6.45, 7) is 1.31. The number of nitrogens with zero attached hydrogens (tertiary/aromatic N) is 1. The van der Waals surface area contributed by atoms with Gasteiger partial charge in [0.15, 0.2) is 5.25 Å². The Labute approximate surface area is 88.6 Å². The molecule has 0 aromatic heterocycles. The van der Waals surface area contributed by atoms with Gasteiger partial charge in [0.05, 0.1) is 11.8 Å². The predicted octanol–water partition coefficient (Wildman–Crippen LogP) is 0.923. The highest BCUT2D eigenvalue weighted by atomic mass is 32.2. The zero-order valence-electron chi connectivity index (χ0n) is 8.14. The molecule has 1 atom stereocenters. The quantitative estimate of drug-likeness (QED) is 0.748. The maximum Gasteiger partial charge on any atom is 0.248 e. The van der Waals surface area contributed by atoms with Crippen LogP contribution in [0.1, 0.15) is 6.92 Å². The molecule has 1 rings (SSSR count). The summed E-state index contributed by atoms with van der Waals surface area (Å²) in [5.74, 6) is 0. The highest BCUT2D eigenvalue weighted by Crippen LogP contribution is 2.14. The third-order valence-corrected chi connectivity index (χ3v) is 3.35. The first-order valence-corrected chi connectivity index (χ1v) is 5.77. The summed E-state index contributed by atoms with van der Waals surface area (Å²) in [7, 11) is -3.65. The molecule has 0 amide bonds. The number of anilines is 2. The Balaban J connectivity index is 2.93. The van der Waals surface area contributed by atoms with Crippen molar-refractivity contribution < 1.29 is 8.42 Å². The van der Waals surface area contributed by atoms with Crippen molar-refractivity contribution >= 4 is 21.4 Å². The molecule has 3 N–H and O–H groups in total. The maximum absolute atomic E-state index is 11.5. The van der Waals surface area contributed by atoms with Crippen LogP contribution in [0.25, 0.3) is 0 Å². The molecule has 0 bridgehead atoms. The molecular formula is C9H11N3O2S. The summed E-state index contributed by atoms with van der Waals surface area (Å²) in [5, 5.41) is 7.41. The highest BCUT2D eigenvalue weighted by Gasteiger charge is 2.19. The summed E-state index contributed by atoms with van der Waals surface area (Å²) < 4.78 is 25.2. The summed E-state index contributed by atoms with van der Waals surface area (Å²) in [6, 6.07) is 7.99. The topological polar surface area (TPSA) is 96.0 Å². The molecule has 0 aliphatic heterocycles. The lowest BCUT2D eigenvalue weighted by molar-refractivity contribution is 0.597. The molecule has 0 heterocycles. The van der Waals surface area contributed by atoms with Gasteiger partial charge in [-0.25, -0.2) is 8.42 Å². The van der Waals surface area contributed by atoms with E-state index in [0.29, 0.717) is 11.4 Å². The predicted molar refractivity (Wildman–Crippen MR) is 58.5 cm³/mol. The van der Waals surface area contributed by atoms with Crippen molar-refractivity contribution in [1.29, 1.82) is 5.26 Å². The average molecular weight is 225 g/mol. The van der Waals surface area contributed by atoms with Gasteiger partial charge in [-0.3, -0.25) is 4.72 Å². The Hall–Kier alpha value is -1.74. The van der Waals surface area contributed by atoms with Crippen LogP contribution in [0.2, 0.25) is 0 Å². The van der Waals surface area contributed by atoms with Crippen LogP contribution in [0.15, 0.2) is 24.3 Å². The lowest BCUT2D eigenvalue weighted by Gasteiger charge is -2.09. The van der Waals surface area contributed by atoms with Crippen LogP contribution in [-0.2, 0) is 10.0 Å². The molecule has 0 aliphatic rings. The number of rotatable bonds is 3. The number of nitrogens with two attached hydrogens (primary N) is 1. The van der Waals surface area contributed by atoms with Gasteiger partial charge in [-0.1, -0.05) is 6.07 Å². The third-order valence-electron chi connectivity index (χ3n) is 1.79. The van der Waals surface area contributed by atoms with Crippen LogP contribution in [0.3, 0.4) is 0 Å². The summed E-state index contributed by atoms with van der Waals surface area (Å²) in [6.07, 6.45) is 0. The molecule has 0 spiro atoms. The monoisotopic (exact) mass is 225 g/mol. The van der Waals surface area contributed by atoms with E-state index in [1.807, 2.05) is 0 Å². The number of sulfonamides is 1. The summed E-state index contributed by atoms with van der Waals surface area (Å²) >= 11 is 0. The molecule has 1 aromatic rings. The standard InChI is InChI=1S/C9H11N3O2S/c1-7(6-10)15(13,14)12-9-4-2-3-8(11)5-9/h2-5,7,12H,11H2,1H3. The van der Waals surface area contributed by atoms with Gasteiger partial charge in [0.1, 0.15) is 0 Å². The van der Waals surface area contributed by atoms with E-state index in [9.17, 15) is 8.42 Å². The van der Waals surface area contributed by atoms with Gasteiger partial charge in [-0.05, 0) is 25.1 Å². The molecule has 6 heteroatoms. The molecule has 80 valence electrons. The number of nitrogen functional groups attached to an aromatic ring is 1. The van der Waals surface area contributed by atoms with Gasteiger partial charge in [0.2, 0.25) is 10.0 Å². The maximum atomic E-state index is 11.5. The molecule has 5 nitrogen and oxygen atoms in total. The minimum atomic E-state index is -3.65. The van der Waals surface area contributed by atoms with Gasteiger partial charge in [0.25, 0.3) is 0 Å². The first kappa shape index (κ1) is 11.3. The number of hydrogen-bond donors (Lipinski definition) is 2. The number of benzene rings is 1. The fourth-order valence-electron chi connectivity index (χ4n) is 0.924. The van der Waals surface area contributed by atoms with E-state index in [0.717, 1.165) is 0 Å². The lowest BCUT2D eigenvalue weighted by Crippen LogP contribution is -2.23. The highest BCUT2D eigenvalue weighted by molar-refractivity contribution is 7.93. The SMILES string of the molecule is CC(C#N)S(=O)(=O)Nc1cccc(N)c1. The third kappa shape index (κ3) is 2.86. The fourth-order valence-corrected chi connectivity index (χ4v) is 1.70. The normalized spacial score (nSPS) is 12.8. The summed E-state index contributed by atoms with van der Waals surface area (Å²) in [4.78, 5) is 0. The minimum Gasteiger partial charge on any atom is -0.399 e. The zero-order chi connectivity index (χ0) is 11.5. The first-order valence-electron chi connectivity index (χ1n) is 4.22. The fraction of sp³-hybridized carbons (Fsp3) is 0.222. The van der Waals surface area contributed by atoms with Gasteiger partial charge in [-0.2, -0.15) is 5.26 Å². The van der Waals surface area contributed by atoms with E-state index in [-0.39, 0.29) is 0 Å². The van der Waals surface area contributed by atoms with E-state index in [4.69, 9.17) is 11.0 Å². The molecule has 0 radical (unpaired) electrons. The number of nitrogens with one attached hydrogen (secondary N) is 1. The second kappa shape index (κ2) is 4.19. The van der Waals surface area contributed by atoms with Crippen molar-refractivity contribution in [3.05, 3.63) is 24.3 Å². The minimum absolute atomic E-state index is 0.358. The molecule has 0 aliphatic carbocycles. The van der Waals surface area contributed by atoms with E-state index >= 15 is 0 Å². The van der Waals surface area contributed by atoms with Crippen molar-refractivity contribution in [3.8, 4) is 6.07 Å². The van der Waals surface area contributed by atoms with Gasteiger partial charge in [-0.15, -0.1) is 0 Å². The second-order valence-electron chi connectivity index (χ2n) is 3.04. The Morgan fingerprint density at radius 2 is 2.20 bits per heavy atom. The zero-order valence-corrected chi connectivity index (χ0v) is 8.95. The molecular weight excluding hydrogens is 214 g/mol. The van der Waals surface area contributed by atoms with E-state index in [2.05, 4.69) is 4.72 Å². The summed E-state index contributed by atoms with van der Waals surface area (Å²) in [5.41, 5.74) is 6.30. The second-order valence-corrected chi connectivity index (χ2v) is 5.05. The lowest BCUT2D eigenvalue weighted by atomic mass is 10.3.